The molecule has 5 aliphatic rings. The highest BCUT2D eigenvalue weighted by molar-refractivity contribution is 7.87. The molecule has 2 fully saturated rings. The minimum atomic E-state index is -4.02. The summed E-state index contributed by atoms with van der Waals surface area (Å²) in [4.78, 5) is 43.7. The maximum Gasteiger partial charge on any atom is 0.312 e. The Hall–Kier alpha value is -3.94. The van der Waals surface area contributed by atoms with Gasteiger partial charge in [0.2, 0.25) is 0 Å². The maximum absolute atomic E-state index is 13.7. The number of hydrogen-bond donors (Lipinski definition) is 1. The summed E-state index contributed by atoms with van der Waals surface area (Å²) in [7, 11) is 3.64. The number of amides is 3. The summed E-state index contributed by atoms with van der Waals surface area (Å²) in [6.07, 6.45) is 10.1. The number of fused-ring (bicyclic) bond motifs is 6. The van der Waals surface area contributed by atoms with E-state index in [1.54, 1.807) is 26.2 Å². The van der Waals surface area contributed by atoms with Gasteiger partial charge in [0.05, 0.1) is 24.3 Å². The molecule has 0 spiro atoms. The molecule has 1 saturated carbocycles. The van der Waals surface area contributed by atoms with Gasteiger partial charge >= 0.3 is 22.0 Å². The number of nitrogens with zero attached hydrogens (tertiary/aromatic N) is 4. The van der Waals surface area contributed by atoms with Crippen molar-refractivity contribution in [2.45, 2.75) is 69.1 Å². The molecular formula is C35H43N5O7S. The number of likely N-dealkylation sites (N-methyl/N-ethyl adjacent to an activating group) is 1. The van der Waals surface area contributed by atoms with Crippen molar-refractivity contribution < 1.29 is 32.3 Å². The Morgan fingerprint density at radius 2 is 1.75 bits per heavy atom. The molecule has 7 rings (SSSR count). The van der Waals surface area contributed by atoms with Gasteiger partial charge in [0, 0.05) is 70.9 Å². The van der Waals surface area contributed by atoms with Gasteiger partial charge in [0.1, 0.15) is 5.75 Å². The van der Waals surface area contributed by atoms with Crippen LogP contribution >= 0.6 is 0 Å². The number of allylic oxidation sites excluding steroid dienone is 2. The Bertz CT molecular complexity index is 1910. The highest BCUT2D eigenvalue weighted by Crippen LogP contribution is 2.54. The second kappa shape index (κ2) is 12.2. The van der Waals surface area contributed by atoms with Crippen LogP contribution in [0, 0.1) is 0 Å². The quantitative estimate of drug-likeness (QED) is 0.446. The van der Waals surface area contributed by atoms with Crippen LogP contribution in [0.25, 0.3) is 10.9 Å². The summed E-state index contributed by atoms with van der Waals surface area (Å²) >= 11 is 0. The van der Waals surface area contributed by atoms with E-state index in [2.05, 4.69) is 21.4 Å². The van der Waals surface area contributed by atoms with Crippen molar-refractivity contribution in [3.8, 4) is 5.75 Å². The van der Waals surface area contributed by atoms with Crippen molar-refractivity contribution in [2.24, 2.45) is 0 Å². The Morgan fingerprint density at radius 1 is 1.02 bits per heavy atom. The standard InChI is InChI=1S/C35H43N5O7S/c1-37(2)48(44,45)36-33(41)31-25-19-40-27(16-24-28(47-5)15-14-22(32(24)40)20-10-7-6-8-11-20)30-23(29(25)31)12-9-13-26(30)38(3)34(42)35(43)39-17-21(18-39)46-4/h9,12,14-16,20-21,26,30H,6-8,10-11,13,17-19H2,1-5H3,(H,36,41)/t26-,30?/m1/s1. The molecule has 1 unspecified atom stereocenters. The molecule has 1 aromatic carbocycles. The van der Waals surface area contributed by atoms with Gasteiger partial charge in [-0.3, -0.25) is 14.4 Å². The average Bonchev–Trinajstić information content (AvgIpc) is 3.69. The van der Waals surface area contributed by atoms with E-state index in [1.807, 2.05) is 18.2 Å². The van der Waals surface area contributed by atoms with E-state index in [0.29, 0.717) is 37.5 Å². The van der Waals surface area contributed by atoms with E-state index in [-0.39, 0.29) is 12.0 Å². The fraction of sp³-hybridized carbons (Fsp3) is 0.514. The highest BCUT2D eigenvalue weighted by atomic mass is 32.2. The van der Waals surface area contributed by atoms with Gasteiger partial charge in [-0.05, 0) is 59.6 Å². The summed E-state index contributed by atoms with van der Waals surface area (Å²) < 4.78 is 42.0. The molecule has 1 saturated heterocycles. The number of hydrogen-bond acceptors (Lipinski definition) is 7. The van der Waals surface area contributed by atoms with E-state index >= 15 is 0 Å². The van der Waals surface area contributed by atoms with Gasteiger partial charge in [0.15, 0.2) is 0 Å². The van der Waals surface area contributed by atoms with Crippen molar-refractivity contribution in [3.05, 3.63) is 63.9 Å². The number of aromatic nitrogens is 1. The molecule has 0 radical (unpaired) electrons. The number of carbonyl (C=O) groups is 3. The van der Waals surface area contributed by atoms with E-state index in [0.717, 1.165) is 69.1 Å². The zero-order valence-electron chi connectivity index (χ0n) is 28.1. The third kappa shape index (κ3) is 5.26. The number of ether oxygens (including phenoxy) is 2. The Balaban J connectivity index is 1.37. The lowest BCUT2D eigenvalue weighted by Gasteiger charge is -2.41. The molecule has 0 bridgehead atoms. The summed E-state index contributed by atoms with van der Waals surface area (Å²) in [5.41, 5.74) is 5.94. The SMILES string of the molecule is COc1ccc(C2CCCCC2)c2c1cc1n2CC2=C(C(=O)NS(=O)(=O)N(C)C)C2=C2C=CC[C@@H](N(C)C(=O)C(=O)N3CC(OC)C3)C21. The van der Waals surface area contributed by atoms with Crippen molar-refractivity contribution in [3.63, 3.8) is 0 Å². The molecule has 12 nitrogen and oxygen atoms in total. The monoisotopic (exact) mass is 677 g/mol. The van der Waals surface area contributed by atoms with Gasteiger partial charge in [-0.2, -0.15) is 12.7 Å². The number of likely N-dealkylation sites (tertiary alicyclic amines) is 1. The molecule has 2 atom stereocenters. The second-order valence-corrected chi connectivity index (χ2v) is 15.6. The lowest BCUT2D eigenvalue weighted by atomic mass is 9.80. The van der Waals surface area contributed by atoms with Crippen molar-refractivity contribution in [1.29, 1.82) is 0 Å². The minimum absolute atomic E-state index is 0.0767. The first-order valence-corrected chi connectivity index (χ1v) is 18.1. The van der Waals surface area contributed by atoms with Crippen LogP contribution in [0.4, 0.5) is 0 Å². The molecular weight excluding hydrogens is 634 g/mol. The summed E-state index contributed by atoms with van der Waals surface area (Å²) in [6, 6.07) is 5.91. The predicted molar refractivity (Wildman–Crippen MR) is 180 cm³/mol. The minimum Gasteiger partial charge on any atom is -0.496 e. The lowest BCUT2D eigenvalue weighted by molar-refractivity contribution is -0.159. The molecule has 3 heterocycles. The maximum atomic E-state index is 13.7. The van der Waals surface area contributed by atoms with Crippen LogP contribution in [0.1, 0.15) is 61.6 Å². The van der Waals surface area contributed by atoms with Crippen LogP contribution in [0.15, 0.2) is 52.6 Å². The topological polar surface area (TPSA) is 130 Å². The molecule has 13 heteroatoms. The van der Waals surface area contributed by atoms with Gasteiger partial charge in [0.25, 0.3) is 5.91 Å². The first-order valence-electron chi connectivity index (χ1n) is 16.6. The van der Waals surface area contributed by atoms with Crippen LogP contribution in [0.2, 0.25) is 0 Å². The van der Waals surface area contributed by atoms with Crippen molar-refractivity contribution in [1.82, 2.24) is 23.4 Å². The van der Waals surface area contributed by atoms with Crippen molar-refractivity contribution >= 4 is 38.8 Å². The predicted octanol–water partition coefficient (Wildman–Crippen LogP) is 2.97. The summed E-state index contributed by atoms with van der Waals surface area (Å²) in [5, 5.41) is 0.963. The fourth-order valence-corrected chi connectivity index (χ4v) is 8.59. The first kappa shape index (κ1) is 32.6. The molecule has 3 aliphatic carbocycles. The van der Waals surface area contributed by atoms with Gasteiger partial charge in [-0.25, -0.2) is 4.72 Å². The first-order chi connectivity index (χ1) is 23.0. The summed E-state index contributed by atoms with van der Waals surface area (Å²) in [6.45, 7) is 1.12. The average molecular weight is 678 g/mol. The Kier molecular flexibility index (Phi) is 8.28. The zero-order chi connectivity index (χ0) is 34.1. The number of methoxy groups -OCH3 is 2. The van der Waals surface area contributed by atoms with Gasteiger partial charge in [-0.1, -0.05) is 37.5 Å². The molecule has 48 heavy (non-hydrogen) atoms. The van der Waals surface area contributed by atoms with Crippen LogP contribution in [0.5, 0.6) is 5.75 Å². The molecule has 2 aromatic rings. The second-order valence-electron chi connectivity index (χ2n) is 13.7. The van der Waals surface area contributed by atoms with E-state index < -0.39 is 34.0 Å². The Labute approximate surface area is 281 Å². The lowest BCUT2D eigenvalue weighted by Crippen LogP contribution is -2.59. The fourth-order valence-electron chi connectivity index (χ4n) is 8.07. The van der Waals surface area contributed by atoms with E-state index in [9.17, 15) is 22.8 Å². The largest absolute Gasteiger partial charge is 0.496 e. The number of nitrogens with one attached hydrogen (secondary N) is 1. The molecule has 1 N–H and O–H groups in total. The molecule has 3 amide bonds. The van der Waals surface area contributed by atoms with E-state index in [1.165, 1.54) is 31.0 Å². The number of rotatable bonds is 7. The third-order valence-electron chi connectivity index (χ3n) is 10.9. The number of carbonyl (C=O) groups excluding carboxylic acids is 3. The van der Waals surface area contributed by atoms with Crippen LogP contribution in [-0.2, 0) is 35.9 Å². The van der Waals surface area contributed by atoms with Crippen LogP contribution in [0.3, 0.4) is 0 Å². The van der Waals surface area contributed by atoms with Crippen LogP contribution in [-0.4, -0.2) is 105 Å². The third-order valence-corrected chi connectivity index (χ3v) is 12.3. The smallest absolute Gasteiger partial charge is 0.312 e. The van der Waals surface area contributed by atoms with Crippen molar-refractivity contribution in [2.75, 3.05) is 48.5 Å². The molecule has 256 valence electrons. The van der Waals surface area contributed by atoms with E-state index in [4.69, 9.17) is 9.47 Å². The zero-order valence-corrected chi connectivity index (χ0v) is 28.9. The Morgan fingerprint density at radius 3 is 2.42 bits per heavy atom. The molecule has 1 aromatic heterocycles. The van der Waals surface area contributed by atoms with Crippen LogP contribution < -0.4 is 9.46 Å². The van der Waals surface area contributed by atoms with Gasteiger partial charge < -0.3 is 23.8 Å². The number of benzene rings is 1. The normalized spacial score (nSPS) is 22.6. The highest BCUT2D eigenvalue weighted by Gasteiger charge is 2.48. The molecule has 2 aliphatic heterocycles. The summed E-state index contributed by atoms with van der Waals surface area (Å²) in [5.74, 6) is -1.11. The van der Waals surface area contributed by atoms with Gasteiger partial charge in [-0.15, -0.1) is 0 Å².